The molecule has 0 saturated heterocycles. The summed E-state index contributed by atoms with van der Waals surface area (Å²) >= 11 is 0. The number of aromatic nitrogens is 3. The lowest BCUT2D eigenvalue weighted by molar-refractivity contribution is 0.0954. The third kappa shape index (κ3) is 2.73. The highest BCUT2D eigenvalue weighted by Gasteiger charge is 2.21. The van der Waals surface area contributed by atoms with Crippen LogP contribution in [0.25, 0.3) is 21.9 Å². The molecule has 1 aromatic carbocycles. The lowest BCUT2D eigenvalue weighted by Crippen LogP contribution is -2.27. The molecule has 0 aliphatic rings. The summed E-state index contributed by atoms with van der Waals surface area (Å²) in [6, 6.07) is 7.97. The fraction of sp³-hybridized carbons (Fsp3) is 0.158. The number of nitrogens with zero attached hydrogens (tertiary/aromatic N) is 2. The van der Waals surface area contributed by atoms with Crippen LogP contribution in [0.2, 0.25) is 0 Å². The van der Waals surface area contributed by atoms with Crippen LogP contribution in [0.5, 0.6) is 0 Å². The van der Waals surface area contributed by atoms with Gasteiger partial charge in [0.2, 0.25) is 5.71 Å². The van der Waals surface area contributed by atoms with Crippen LogP contribution in [0, 0.1) is 6.92 Å². The molecule has 0 bridgehead atoms. The standard InChI is InChI=1S/C19H16N4O3/c1-11-15(16-18(25)22-10-23-19(16)26-11)17(24)21-8-5-12-3-2-4-13-9-20-7-6-14(12)13/h2-4,6-7,9-10H,5,8H2,1H3,(H,21,24)(H,22,23,25). The number of aromatic amines is 1. The molecule has 0 aliphatic carbocycles. The molecule has 0 atom stereocenters. The normalized spacial score (nSPS) is 11.1. The Bertz CT molecular complexity index is 1170. The molecule has 3 aromatic heterocycles. The molecule has 7 heteroatoms. The van der Waals surface area contributed by atoms with Gasteiger partial charge in [-0.1, -0.05) is 18.2 Å². The summed E-state index contributed by atoms with van der Waals surface area (Å²) in [7, 11) is 0. The minimum Gasteiger partial charge on any atom is -0.442 e. The average molecular weight is 348 g/mol. The molecule has 3 heterocycles. The molecular weight excluding hydrogens is 332 g/mol. The van der Waals surface area contributed by atoms with Crippen LogP contribution >= 0.6 is 0 Å². The first-order chi connectivity index (χ1) is 12.6. The maximum absolute atomic E-state index is 12.6. The summed E-state index contributed by atoms with van der Waals surface area (Å²) in [6.45, 7) is 2.08. The van der Waals surface area contributed by atoms with Gasteiger partial charge in [-0.3, -0.25) is 14.6 Å². The van der Waals surface area contributed by atoms with Crippen molar-refractivity contribution in [3.63, 3.8) is 0 Å². The summed E-state index contributed by atoms with van der Waals surface area (Å²) in [5.41, 5.74) is 1.13. The summed E-state index contributed by atoms with van der Waals surface area (Å²) in [4.78, 5) is 35.2. The van der Waals surface area contributed by atoms with Crippen molar-refractivity contribution in [2.75, 3.05) is 6.54 Å². The topological polar surface area (TPSA) is 101 Å². The molecule has 4 rings (SSSR count). The van der Waals surface area contributed by atoms with Gasteiger partial charge in [0.15, 0.2) is 0 Å². The summed E-state index contributed by atoms with van der Waals surface area (Å²) in [5.74, 6) is 0.0274. The molecule has 2 N–H and O–H groups in total. The predicted molar refractivity (Wildman–Crippen MR) is 97.1 cm³/mol. The number of furan rings is 1. The minimum absolute atomic E-state index is 0.165. The van der Waals surface area contributed by atoms with Gasteiger partial charge in [-0.25, -0.2) is 4.98 Å². The van der Waals surface area contributed by atoms with E-state index in [0.717, 1.165) is 16.3 Å². The number of hydrogen-bond acceptors (Lipinski definition) is 5. The number of rotatable bonds is 4. The third-order valence-corrected chi connectivity index (χ3v) is 4.35. The van der Waals surface area contributed by atoms with Crippen molar-refractivity contribution in [2.24, 2.45) is 0 Å². The number of aryl methyl sites for hydroxylation is 1. The van der Waals surface area contributed by atoms with E-state index in [1.165, 1.54) is 6.33 Å². The Morgan fingerprint density at radius 3 is 3.08 bits per heavy atom. The van der Waals surface area contributed by atoms with Crippen LogP contribution in [-0.2, 0) is 6.42 Å². The molecule has 26 heavy (non-hydrogen) atoms. The molecule has 1 amide bonds. The van der Waals surface area contributed by atoms with Gasteiger partial charge >= 0.3 is 0 Å². The highest BCUT2D eigenvalue weighted by atomic mass is 16.3. The Morgan fingerprint density at radius 1 is 1.31 bits per heavy atom. The Labute approximate surface area is 148 Å². The monoisotopic (exact) mass is 348 g/mol. The fourth-order valence-corrected chi connectivity index (χ4v) is 3.13. The number of nitrogens with one attached hydrogen (secondary N) is 2. The first-order valence-corrected chi connectivity index (χ1v) is 8.22. The van der Waals surface area contributed by atoms with Gasteiger partial charge in [0.25, 0.3) is 11.5 Å². The average Bonchev–Trinajstić information content (AvgIpc) is 2.99. The van der Waals surface area contributed by atoms with Crippen molar-refractivity contribution in [2.45, 2.75) is 13.3 Å². The number of pyridine rings is 1. The van der Waals surface area contributed by atoms with Crippen molar-refractivity contribution in [3.8, 4) is 0 Å². The predicted octanol–water partition coefficient (Wildman–Crippen LogP) is 2.35. The Balaban J connectivity index is 1.55. The van der Waals surface area contributed by atoms with E-state index in [4.69, 9.17) is 4.42 Å². The lowest BCUT2D eigenvalue weighted by Gasteiger charge is -2.08. The third-order valence-electron chi connectivity index (χ3n) is 4.35. The van der Waals surface area contributed by atoms with Gasteiger partial charge in [-0.15, -0.1) is 0 Å². The van der Waals surface area contributed by atoms with Gasteiger partial charge in [0, 0.05) is 24.3 Å². The SMILES string of the molecule is Cc1oc2nc[nH]c(=O)c2c1C(=O)NCCc1cccc2cnccc12. The largest absolute Gasteiger partial charge is 0.442 e. The van der Waals surface area contributed by atoms with Crippen LogP contribution in [0.15, 0.2) is 52.2 Å². The quantitative estimate of drug-likeness (QED) is 0.589. The van der Waals surface area contributed by atoms with Crippen LogP contribution in [0.4, 0.5) is 0 Å². The molecule has 4 aromatic rings. The van der Waals surface area contributed by atoms with Crippen molar-refractivity contribution < 1.29 is 9.21 Å². The van der Waals surface area contributed by atoms with Crippen molar-refractivity contribution >= 4 is 27.8 Å². The lowest BCUT2D eigenvalue weighted by atomic mass is 10.0. The van der Waals surface area contributed by atoms with Gasteiger partial charge in [0.05, 0.1) is 11.9 Å². The van der Waals surface area contributed by atoms with Crippen LogP contribution in [-0.4, -0.2) is 27.4 Å². The Hall–Kier alpha value is -3.48. The number of amides is 1. The summed E-state index contributed by atoms with van der Waals surface area (Å²) < 4.78 is 5.42. The van der Waals surface area contributed by atoms with Gasteiger partial charge in [-0.05, 0) is 30.4 Å². The van der Waals surface area contributed by atoms with Crippen molar-refractivity contribution in [1.82, 2.24) is 20.3 Å². The van der Waals surface area contributed by atoms with E-state index >= 15 is 0 Å². The number of hydrogen-bond donors (Lipinski definition) is 2. The second kappa shape index (κ2) is 6.44. The van der Waals surface area contributed by atoms with Crippen molar-refractivity contribution in [1.29, 1.82) is 0 Å². The molecule has 130 valence electrons. The minimum atomic E-state index is -0.390. The number of carbonyl (C=O) groups is 1. The number of benzene rings is 1. The highest BCUT2D eigenvalue weighted by molar-refractivity contribution is 6.06. The number of carbonyl (C=O) groups excluding carboxylic acids is 1. The van der Waals surface area contributed by atoms with E-state index in [2.05, 4.69) is 20.3 Å². The molecule has 0 unspecified atom stereocenters. The van der Waals surface area contributed by atoms with E-state index in [0.29, 0.717) is 18.7 Å². The van der Waals surface area contributed by atoms with E-state index in [1.54, 1.807) is 13.1 Å². The van der Waals surface area contributed by atoms with E-state index in [1.807, 2.05) is 30.5 Å². The zero-order chi connectivity index (χ0) is 18.1. The summed E-state index contributed by atoms with van der Waals surface area (Å²) in [5, 5.41) is 5.22. The Morgan fingerprint density at radius 2 is 2.19 bits per heavy atom. The molecule has 0 saturated carbocycles. The van der Waals surface area contributed by atoms with Gasteiger partial charge < -0.3 is 14.7 Å². The van der Waals surface area contributed by atoms with E-state index < -0.39 is 5.56 Å². The zero-order valence-electron chi connectivity index (χ0n) is 14.1. The molecule has 0 fully saturated rings. The Kier molecular flexibility index (Phi) is 3.96. The van der Waals surface area contributed by atoms with Gasteiger partial charge in [-0.2, -0.15) is 0 Å². The smallest absolute Gasteiger partial charge is 0.262 e. The zero-order valence-corrected chi connectivity index (χ0v) is 14.1. The number of H-pyrrole nitrogens is 1. The van der Waals surface area contributed by atoms with Gasteiger partial charge in [0.1, 0.15) is 11.1 Å². The van der Waals surface area contributed by atoms with Crippen molar-refractivity contribution in [3.05, 3.63) is 70.2 Å². The fourth-order valence-electron chi connectivity index (χ4n) is 3.13. The molecule has 0 spiro atoms. The van der Waals surface area contributed by atoms with Crippen LogP contribution in [0.1, 0.15) is 21.7 Å². The second-order valence-corrected chi connectivity index (χ2v) is 5.96. The molecule has 7 nitrogen and oxygen atoms in total. The number of fused-ring (bicyclic) bond motifs is 2. The summed E-state index contributed by atoms with van der Waals surface area (Å²) in [6.07, 6.45) is 5.49. The maximum atomic E-state index is 12.6. The second-order valence-electron chi connectivity index (χ2n) is 5.96. The maximum Gasteiger partial charge on any atom is 0.262 e. The molecular formula is C19H16N4O3. The van der Waals surface area contributed by atoms with Crippen LogP contribution in [0.3, 0.4) is 0 Å². The van der Waals surface area contributed by atoms with E-state index in [-0.39, 0.29) is 22.6 Å². The first kappa shape index (κ1) is 16.0. The molecule has 0 radical (unpaired) electrons. The van der Waals surface area contributed by atoms with E-state index in [9.17, 15) is 9.59 Å². The molecule has 0 aliphatic heterocycles. The van der Waals surface area contributed by atoms with Crippen LogP contribution < -0.4 is 10.9 Å². The first-order valence-electron chi connectivity index (χ1n) is 8.22. The highest BCUT2D eigenvalue weighted by Crippen LogP contribution is 2.21.